The zero-order valence-electron chi connectivity index (χ0n) is 14.5. The van der Waals surface area contributed by atoms with Crippen molar-refractivity contribution >= 4 is 5.91 Å². The maximum absolute atomic E-state index is 12.4. The van der Waals surface area contributed by atoms with Gasteiger partial charge in [0.2, 0.25) is 5.91 Å². The lowest BCUT2D eigenvalue weighted by Gasteiger charge is -2.28. The van der Waals surface area contributed by atoms with Gasteiger partial charge in [0.1, 0.15) is 0 Å². The summed E-state index contributed by atoms with van der Waals surface area (Å²) in [6.07, 6.45) is 6.09. The van der Waals surface area contributed by atoms with Gasteiger partial charge in [-0.1, -0.05) is 43.0 Å². The lowest BCUT2D eigenvalue weighted by molar-refractivity contribution is -0.126. The standard InChI is InChI=1S/C19H30N2O/c1-14-10-11-17(15(2)12-14)13-21(4)16(3)19(22)20-18-8-6-5-7-9-18/h10-12,16,18H,5-9,13H2,1-4H3,(H,20,22)/t16-/m0/s1. The van der Waals surface area contributed by atoms with Gasteiger partial charge in [0.25, 0.3) is 0 Å². The van der Waals surface area contributed by atoms with Crippen LogP contribution >= 0.6 is 0 Å². The van der Waals surface area contributed by atoms with Crippen LogP contribution in [0, 0.1) is 13.8 Å². The molecule has 1 aromatic carbocycles. The molecule has 0 aliphatic heterocycles. The smallest absolute Gasteiger partial charge is 0.237 e. The highest BCUT2D eigenvalue weighted by Gasteiger charge is 2.22. The molecule has 3 nitrogen and oxygen atoms in total. The fraction of sp³-hybridized carbons (Fsp3) is 0.632. The molecule has 1 amide bonds. The minimum absolute atomic E-state index is 0.0948. The summed E-state index contributed by atoms with van der Waals surface area (Å²) in [4.78, 5) is 14.6. The summed E-state index contributed by atoms with van der Waals surface area (Å²) in [6.45, 7) is 7.07. The van der Waals surface area contributed by atoms with Crippen molar-refractivity contribution < 1.29 is 4.79 Å². The van der Waals surface area contributed by atoms with E-state index in [0.717, 1.165) is 19.4 Å². The van der Waals surface area contributed by atoms with Crippen LogP contribution in [0.25, 0.3) is 0 Å². The van der Waals surface area contributed by atoms with Crippen molar-refractivity contribution in [1.82, 2.24) is 10.2 Å². The van der Waals surface area contributed by atoms with E-state index in [9.17, 15) is 4.79 Å². The Bertz CT molecular complexity index is 506. The third-order valence-corrected chi connectivity index (χ3v) is 4.91. The highest BCUT2D eigenvalue weighted by Crippen LogP contribution is 2.18. The summed E-state index contributed by atoms with van der Waals surface area (Å²) in [5.41, 5.74) is 3.88. The number of nitrogens with one attached hydrogen (secondary N) is 1. The van der Waals surface area contributed by atoms with Crippen LogP contribution in [0.15, 0.2) is 18.2 Å². The van der Waals surface area contributed by atoms with Gasteiger partial charge < -0.3 is 5.32 Å². The predicted molar refractivity (Wildman–Crippen MR) is 91.9 cm³/mol. The van der Waals surface area contributed by atoms with E-state index >= 15 is 0 Å². The molecule has 1 saturated carbocycles. The van der Waals surface area contributed by atoms with Gasteiger partial charge in [0, 0.05) is 12.6 Å². The average Bonchev–Trinajstić information content (AvgIpc) is 2.50. The number of likely N-dealkylation sites (N-methyl/N-ethyl adjacent to an activating group) is 1. The summed E-state index contributed by atoms with van der Waals surface area (Å²) in [7, 11) is 2.03. The first-order valence-electron chi connectivity index (χ1n) is 8.54. The number of carbonyl (C=O) groups excluding carboxylic acids is 1. The van der Waals surface area contributed by atoms with Gasteiger partial charge in [-0.15, -0.1) is 0 Å². The number of hydrogen-bond donors (Lipinski definition) is 1. The second-order valence-corrected chi connectivity index (χ2v) is 6.86. The maximum Gasteiger partial charge on any atom is 0.237 e. The van der Waals surface area contributed by atoms with E-state index in [4.69, 9.17) is 0 Å². The van der Waals surface area contributed by atoms with E-state index in [-0.39, 0.29) is 11.9 Å². The van der Waals surface area contributed by atoms with Crippen LogP contribution in [-0.4, -0.2) is 29.9 Å². The van der Waals surface area contributed by atoms with Crippen molar-refractivity contribution in [2.45, 2.75) is 71.5 Å². The first kappa shape index (κ1) is 17.0. The Kier molecular flexibility index (Phi) is 6.01. The number of amides is 1. The molecule has 0 radical (unpaired) electrons. The normalized spacial score (nSPS) is 17.5. The Balaban J connectivity index is 1.90. The average molecular weight is 302 g/mol. The van der Waals surface area contributed by atoms with Gasteiger partial charge in [-0.25, -0.2) is 0 Å². The predicted octanol–water partition coefficient (Wildman–Crippen LogP) is 3.57. The summed E-state index contributed by atoms with van der Waals surface area (Å²) in [5, 5.41) is 3.23. The summed E-state index contributed by atoms with van der Waals surface area (Å²) < 4.78 is 0. The third kappa shape index (κ3) is 4.57. The fourth-order valence-electron chi connectivity index (χ4n) is 3.20. The topological polar surface area (TPSA) is 32.3 Å². The van der Waals surface area contributed by atoms with Crippen LogP contribution in [0.2, 0.25) is 0 Å². The molecule has 1 fully saturated rings. The molecule has 1 aromatic rings. The zero-order valence-corrected chi connectivity index (χ0v) is 14.5. The number of nitrogens with zero attached hydrogens (tertiary/aromatic N) is 1. The zero-order chi connectivity index (χ0) is 16.1. The molecular formula is C19H30N2O. The molecule has 1 atom stereocenters. The molecule has 0 unspecified atom stereocenters. The Morgan fingerprint density at radius 1 is 1.27 bits per heavy atom. The van der Waals surface area contributed by atoms with Gasteiger partial charge in [-0.05, 0) is 51.8 Å². The minimum Gasteiger partial charge on any atom is -0.352 e. The number of benzene rings is 1. The van der Waals surface area contributed by atoms with Gasteiger partial charge in [0.15, 0.2) is 0 Å². The molecule has 122 valence electrons. The molecule has 0 aromatic heterocycles. The van der Waals surface area contributed by atoms with Crippen LogP contribution in [0.4, 0.5) is 0 Å². The monoisotopic (exact) mass is 302 g/mol. The maximum atomic E-state index is 12.4. The second kappa shape index (κ2) is 7.77. The molecule has 3 heteroatoms. The van der Waals surface area contributed by atoms with Crippen LogP contribution < -0.4 is 5.32 Å². The van der Waals surface area contributed by atoms with Gasteiger partial charge in [-0.2, -0.15) is 0 Å². The molecule has 0 spiro atoms. The van der Waals surface area contributed by atoms with Crippen molar-refractivity contribution in [2.75, 3.05) is 7.05 Å². The largest absolute Gasteiger partial charge is 0.352 e. The quantitative estimate of drug-likeness (QED) is 0.902. The molecule has 1 aliphatic rings. The van der Waals surface area contributed by atoms with E-state index in [0.29, 0.717) is 6.04 Å². The molecule has 1 aliphatic carbocycles. The Morgan fingerprint density at radius 2 is 1.95 bits per heavy atom. The van der Waals surface area contributed by atoms with E-state index in [1.807, 2.05) is 14.0 Å². The highest BCUT2D eigenvalue weighted by molar-refractivity contribution is 5.81. The Labute approximate surface area is 135 Å². The third-order valence-electron chi connectivity index (χ3n) is 4.91. The number of hydrogen-bond acceptors (Lipinski definition) is 2. The summed E-state index contributed by atoms with van der Waals surface area (Å²) in [6, 6.07) is 6.81. The van der Waals surface area contributed by atoms with E-state index in [1.165, 1.54) is 36.0 Å². The number of carbonyl (C=O) groups is 1. The van der Waals surface area contributed by atoms with Crippen molar-refractivity contribution in [3.8, 4) is 0 Å². The first-order valence-corrected chi connectivity index (χ1v) is 8.54. The molecule has 2 rings (SSSR count). The lowest BCUT2D eigenvalue weighted by atomic mass is 9.95. The van der Waals surface area contributed by atoms with E-state index in [1.54, 1.807) is 0 Å². The van der Waals surface area contributed by atoms with Crippen LogP contribution in [0.1, 0.15) is 55.7 Å². The van der Waals surface area contributed by atoms with E-state index in [2.05, 4.69) is 42.3 Å². The fourth-order valence-corrected chi connectivity index (χ4v) is 3.20. The molecule has 0 bridgehead atoms. The summed E-state index contributed by atoms with van der Waals surface area (Å²) in [5.74, 6) is 0.166. The minimum atomic E-state index is -0.0948. The van der Waals surface area contributed by atoms with Crippen LogP contribution in [0.3, 0.4) is 0 Å². The highest BCUT2D eigenvalue weighted by atomic mass is 16.2. The van der Waals surface area contributed by atoms with Crippen molar-refractivity contribution in [3.63, 3.8) is 0 Å². The first-order chi connectivity index (χ1) is 10.5. The van der Waals surface area contributed by atoms with Gasteiger partial charge >= 0.3 is 0 Å². The SMILES string of the molecule is Cc1ccc(CN(C)[C@@H](C)C(=O)NC2CCCCC2)c(C)c1. The van der Waals surface area contributed by atoms with Crippen molar-refractivity contribution in [3.05, 3.63) is 34.9 Å². The molecular weight excluding hydrogens is 272 g/mol. The summed E-state index contributed by atoms with van der Waals surface area (Å²) >= 11 is 0. The Morgan fingerprint density at radius 3 is 2.59 bits per heavy atom. The lowest BCUT2D eigenvalue weighted by Crippen LogP contribution is -2.47. The van der Waals surface area contributed by atoms with Gasteiger partial charge in [-0.3, -0.25) is 9.69 Å². The van der Waals surface area contributed by atoms with Crippen molar-refractivity contribution in [2.24, 2.45) is 0 Å². The van der Waals surface area contributed by atoms with Gasteiger partial charge in [0.05, 0.1) is 6.04 Å². The second-order valence-electron chi connectivity index (χ2n) is 6.86. The molecule has 22 heavy (non-hydrogen) atoms. The van der Waals surface area contributed by atoms with Crippen molar-refractivity contribution in [1.29, 1.82) is 0 Å². The number of aryl methyl sites for hydroxylation is 2. The van der Waals surface area contributed by atoms with E-state index < -0.39 is 0 Å². The number of rotatable bonds is 5. The van der Waals surface area contributed by atoms with Crippen LogP contribution in [0.5, 0.6) is 0 Å². The molecule has 0 saturated heterocycles. The van der Waals surface area contributed by atoms with Crippen LogP contribution in [-0.2, 0) is 11.3 Å². The Hall–Kier alpha value is -1.35. The molecule has 0 heterocycles. The molecule has 1 N–H and O–H groups in total.